The molecule has 1 unspecified atom stereocenters. The Balaban J connectivity index is 2.12. The van der Waals surface area contributed by atoms with Gasteiger partial charge in [-0.25, -0.2) is 4.39 Å². The van der Waals surface area contributed by atoms with Crippen LogP contribution in [0.1, 0.15) is 18.0 Å². The van der Waals surface area contributed by atoms with E-state index >= 15 is 0 Å². The van der Waals surface area contributed by atoms with Crippen LogP contribution in [0.15, 0.2) is 24.3 Å². The van der Waals surface area contributed by atoms with Gasteiger partial charge in [-0.15, -0.1) is 0 Å². The van der Waals surface area contributed by atoms with Crippen molar-refractivity contribution in [3.63, 3.8) is 0 Å². The summed E-state index contributed by atoms with van der Waals surface area (Å²) in [6.07, 6.45) is 1.20. The summed E-state index contributed by atoms with van der Waals surface area (Å²) < 4.78 is 13.0. The second-order valence-electron chi connectivity index (χ2n) is 3.49. The minimum absolute atomic E-state index is 0.140. The molecule has 1 N–H and O–H groups in total. The lowest BCUT2D eigenvalue weighted by Crippen LogP contribution is -2.22. The van der Waals surface area contributed by atoms with Gasteiger partial charge in [0.05, 0.1) is 0 Å². The molecule has 76 valence electrons. The summed E-state index contributed by atoms with van der Waals surface area (Å²) in [6.45, 7) is 1.04. The van der Waals surface area contributed by atoms with Crippen molar-refractivity contribution >= 4 is 11.8 Å². The first-order valence-electron chi connectivity index (χ1n) is 4.93. The first-order chi connectivity index (χ1) is 6.86. The zero-order chi connectivity index (χ0) is 9.80. The van der Waals surface area contributed by atoms with Crippen LogP contribution in [0.5, 0.6) is 0 Å². The zero-order valence-corrected chi connectivity index (χ0v) is 8.82. The van der Waals surface area contributed by atoms with E-state index in [1.54, 1.807) is 12.1 Å². The molecule has 1 nitrogen and oxygen atoms in total. The smallest absolute Gasteiger partial charge is 0.123 e. The van der Waals surface area contributed by atoms with Gasteiger partial charge in [-0.2, -0.15) is 11.8 Å². The molecule has 1 aromatic carbocycles. The number of halogens is 1. The number of rotatable bonds is 1. The van der Waals surface area contributed by atoms with Crippen molar-refractivity contribution in [3.05, 3.63) is 35.6 Å². The Morgan fingerprint density at radius 1 is 1.43 bits per heavy atom. The first kappa shape index (κ1) is 9.99. The minimum atomic E-state index is -0.140. The number of nitrogens with one attached hydrogen (secondary N) is 1. The first-order valence-corrected chi connectivity index (χ1v) is 6.08. The maximum absolute atomic E-state index is 13.0. The Hall–Kier alpha value is -0.540. The van der Waals surface area contributed by atoms with E-state index in [1.165, 1.54) is 18.2 Å². The highest BCUT2D eigenvalue weighted by Gasteiger charge is 2.13. The highest BCUT2D eigenvalue weighted by atomic mass is 32.2. The van der Waals surface area contributed by atoms with Crippen LogP contribution in [0.2, 0.25) is 0 Å². The monoisotopic (exact) mass is 211 g/mol. The predicted molar refractivity (Wildman–Crippen MR) is 59.1 cm³/mol. The molecule has 0 aliphatic carbocycles. The number of benzene rings is 1. The molecule has 1 fully saturated rings. The highest BCUT2D eigenvalue weighted by molar-refractivity contribution is 7.99. The van der Waals surface area contributed by atoms with Crippen molar-refractivity contribution in [2.75, 3.05) is 18.1 Å². The van der Waals surface area contributed by atoms with Gasteiger partial charge in [0.15, 0.2) is 0 Å². The van der Waals surface area contributed by atoms with Gasteiger partial charge in [-0.1, -0.05) is 12.1 Å². The van der Waals surface area contributed by atoms with Crippen LogP contribution >= 0.6 is 11.8 Å². The molecule has 0 radical (unpaired) electrons. The molecule has 1 aliphatic rings. The zero-order valence-electron chi connectivity index (χ0n) is 8.00. The predicted octanol–water partition coefficient (Wildman–Crippen LogP) is 2.59. The topological polar surface area (TPSA) is 12.0 Å². The molecule has 0 spiro atoms. The summed E-state index contributed by atoms with van der Waals surface area (Å²) in [5, 5.41) is 3.44. The largest absolute Gasteiger partial charge is 0.309 e. The van der Waals surface area contributed by atoms with Gasteiger partial charge in [0.2, 0.25) is 0 Å². The Morgan fingerprint density at radius 2 is 2.36 bits per heavy atom. The third-order valence-corrected chi connectivity index (χ3v) is 3.54. The van der Waals surface area contributed by atoms with Gasteiger partial charge in [-0.3, -0.25) is 0 Å². The van der Waals surface area contributed by atoms with Crippen LogP contribution in [0, 0.1) is 5.82 Å². The molecule has 0 amide bonds. The summed E-state index contributed by atoms with van der Waals surface area (Å²) in [5.41, 5.74) is 1.07. The molecule has 1 heterocycles. The molecule has 1 saturated heterocycles. The molecule has 14 heavy (non-hydrogen) atoms. The van der Waals surface area contributed by atoms with Crippen LogP contribution in [-0.2, 0) is 0 Å². The maximum atomic E-state index is 13.0. The van der Waals surface area contributed by atoms with Crippen molar-refractivity contribution in [1.29, 1.82) is 0 Å². The molecule has 1 aliphatic heterocycles. The van der Waals surface area contributed by atoms with Crippen molar-refractivity contribution in [2.24, 2.45) is 0 Å². The summed E-state index contributed by atoms with van der Waals surface area (Å²) in [7, 11) is 0. The van der Waals surface area contributed by atoms with Gasteiger partial charge in [-0.05, 0) is 36.4 Å². The normalized spacial score (nSPS) is 23.1. The van der Waals surface area contributed by atoms with Gasteiger partial charge in [0, 0.05) is 11.8 Å². The van der Waals surface area contributed by atoms with E-state index in [0.29, 0.717) is 6.04 Å². The molecular weight excluding hydrogens is 197 g/mol. The van der Waals surface area contributed by atoms with Crippen LogP contribution in [-0.4, -0.2) is 18.1 Å². The summed E-state index contributed by atoms with van der Waals surface area (Å²) in [5.74, 6) is 2.11. The lowest BCUT2D eigenvalue weighted by atomic mass is 10.1. The Kier molecular flexibility index (Phi) is 3.43. The van der Waals surface area contributed by atoms with Crippen LogP contribution < -0.4 is 5.32 Å². The Bertz CT molecular complexity index is 295. The standard InChI is InChI=1S/C11H14FNS/c12-10-4-1-3-9(7-10)11-8-14-6-2-5-13-11/h1,3-4,7,11,13H,2,5-6,8H2. The minimum Gasteiger partial charge on any atom is -0.309 e. The molecule has 1 aromatic rings. The fourth-order valence-corrected chi connectivity index (χ4v) is 2.71. The molecule has 0 aromatic heterocycles. The van der Waals surface area contributed by atoms with Gasteiger partial charge in [0.1, 0.15) is 5.82 Å². The van der Waals surface area contributed by atoms with E-state index in [1.807, 2.05) is 17.8 Å². The van der Waals surface area contributed by atoms with E-state index in [-0.39, 0.29) is 5.82 Å². The average molecular weight is 211 g/mol. The van der Waals surface area contributed by atoms with E-state index in [4.69, 9.17) is 0 Å². The van der Waals surface area contributed by atoms with Gasteiger partial charge < -0.3 is 5.32 Å². The molecule has 0 saturated carbocycles. The summed E-state index contributed by atoms with van der Waals surface area (Å²) in [4.78, 5) is 0. The highest BCUT2D eigenvalue weighted by Crippen LogP contribution is 2.21. The van der Waals surface area contributed by atoms with E-state index < -0.39 is 0 Å². The third kappa shape index (κ3) is 2.49. The van der Waals surface area contributed by atoms with Crippen LogP contribution in [0.3, 0.4) is 0 Å². The molecular formula is C11H14FNS. The SMILES string of the molecule is Fc1cccc(C2CSCCCN2)c1. The summed E-state index contributed by atoms with van der Waals surface area (Å²) >= 11 is 1.94. The van der Waals surface area contributed by atoms with Crippen molar-refractivity contribution in [3.8, 4) is 0 Å². The van der Waals surface area contributed by atoms with Crippen LogP contribution in [0.25, 0.3) is 0 Å². The van der Waals surface area contributed by atoms with Gasteiger partial charge >= 0.3 is 0 Å². The van der Waals surface area contributed by atoms with Crippen molar-refractivity contribution < 1.29 is 4.39 Å². The third-order valence-electron chi connectivity index (χ3n) is 2.39. The van der Waals surface area contributed by atoms with Crippen LogP contribution in [0.4, 0.5) is 4.39 Å². The quantitative estimate of drug-likeness (QED) is 0.766. The number of hydrogen-bond donors (Lipinski definition) is 1. The van der Waals surface area contributed by atoms with Gasteiger partial charge in [0.25, 0.3) is 0 Å². The second-order valence-corrected chi connectivity index (χ2v) is 4.64. The second kappa shape index (κ2) is 4.80. The number of thioether (sulfide) groups is 1. The molecule has 1 atom stereocenters. The Morgan fingerprint density at radius 3 is 3.21 bits per heavy atom. The molecule has 3 heteroatoms. The Labute approximate surface area is 88.1 Å². The fourth-order valence-electron chi connectivity index (χ4n) is 1.65. The average Bonchev–Trinajstić information content (AvgIpc) is 2.45. The van der Waals surface area contributed by atoms with Crippen molar-refractivity contribution in [2.45, 2.75) is 12.5 Å². The lowest BCUT2D eigenvalue weighted by Gasteiger charge is -2.15. The van der Waals surface area contributed by atoms with E-state index in [9.17, 15) is 4.39 Å². The van der Waals surface area contributed by atoms with E-state index in [0.717, 1.165) is 17.9 Å². The van der Waals surface area contributed by atoms with E-state index in [2.05, 4.69) is 5.32 Å². The molecule has 0 bridgehead atoms. The van der Waals surface area contributed by atoms with Crippen molar-refractivity contribution in [1.82, 2.24) is 5.32 Å². The number of hydrogen-bond acceptors (Lipinski definition) is 2. The maximum Gasteiger partial charge on any atom is 0.123 e. The summed E-state index contributed by atoms with van der Waals surface area (Å²) in [6, 6.07) is 7.21. The molecule has 2 rings (SSSR count). The fraction of sp³-hybridized carbons (Fsp3) is 0.455. The lowest BCUT2D eigenvalue weighted by molar-refractivity contribution is 0.578.